The molecule has 0 aliphatic carbocycles. The van der Waals surface area contributed by atoms with Crippen molar-refractivity contribution in [3.05, 3.63) is 29.3 Å². The van der Waals surface area contributed by atoms with Gasteiger partial charge >= 0.3 is 0 Å². The minimum Gasteiger partial charge on any atom is -0.398 e. The van der Waals surface area contributed by atoms with Gasteiger partial charge in [-0.2, -0.15) is 0 Å². The fraction of sp³-hybridized carbons (Fsp3) is 0.467. The molecule has 1 saturated heterocycles. The molecule has 5 nitrogen and oxygen atoms in total. The number of hydrogen-bond donors (Lipinski definition) is 1. The number of hydrogen-bond acceptors (Lipinski definition) is 4. The quantitative estimate of drug-likeness (QED) is 0.652. The average Bonchev–Trinajstić information content (AvgIpc) is 2.72. The number of piperidine rings is 1. The molecule has 3 rings (SSSR count). The summed E-state index contributed by atoms with van der Waals surface area (Å²) in [6.07, 6.45) is 1.89. The summed E-state index contributed by atoms with van der Waals surface area (Å²) in [7, 11) is 0. The number of nitrogen functional groups attached to an aromatic ring is 1. The van der Waals surface area contributed by atoms with Crippen LogP contribution in [0.3, 0.4) is 0 Å². The van der Waals surface area contributed by atoms with Crippen LogP contribution in [0.5, 0.6) is 0 Å². The molecule has 1 aromatic carbocycles. The Morgan fingerprint density at radius 3 is 2.80 bits per heavy atom. The third-order valence-electron chi connectivity index (χ3n) is 4.27. The SMILES string of the molecule is CCN1CCCC(N2C(=O)c3cccc(N)c3C2=O)C1. The summed E-state index contributed by atoms with van der Waals surface area (Å²) in [5.74, 6) is -0.425. The molecule has 0 spiro atoms. The first-order valence-electron chi connectivity index (χ1n) is 7.12. The molecule has 20 heavy (non-hydrogen) atoms. The molecule has 0 radical (unpaired) electrons. The van der Waals surface area contributed by atoms with Crippen LogP contribution in [0.15, 0.2) is 18.2 Å². The Hall–Kier alpha value is -1.88. The molecule has 2 N–H and O–H groups in total. The Bertz CT molecular complexity index is 570. The van der Waals surface area contributed by atoms with E-state index in [9.17, 15) is 9.59 Å². The summed E-state index contributed by atoms with van der Waals surface area (Å²) in [5.41, 5.74) is 7.08. The number of benzene rings is 1. The van der Waals surface area contributed by atoms with Gasteiger partial charge in [-0.25, -0.2) is 0 Å². The minimum absolute atomic E-state index is 0.0319. The predicted octanol–water partition coefficient (Wildman–Crippen LogP) is 1.35. The molecule has 1 aromatic rings. The molecule has 1 unspecified atom stereocenters. The van der Waals surface area contributed by atoms with Crippen LogP contribution in [-0.4, -0.2) is 47.3 Å². The van der Waals surface area contributed by atoms with Gasteiger partial charge in [0.15, 0.2) is 0 Å². The number of carbonyl (C=O) groups is 2. The van der Waals surface area contributed by atoms with E-state index < -0.39 is 0 Å². The maximum Gasteiger partial charge on any atom is 0.263 e. The Morgan fingerprint density at radius 2 is 2.10 bits per heavy atom. The molecule has 1 atom stereocenters. The van der Waals surface area contributed by atoms with E-state index in [4.69, 9.17) is 5.73 Å². The summed E-state index contributed by atoms with van der Waals surface area (Å²) in [4.78, 5) is 28.7. The van der Waals surface area contributed by atoms with Crippen LogP contribution >= 0.6 is 0 Å². The Kier molecular flexibility index (Phi) is 3.22. The maximum atomic E-state index is 12.5. The number of anilines is 1. The molecular formula is C15H19N3O2. The highest BCUT2D eigenvalue weighted by Crippen LogP contribution is 2.31. The second-order valence-electron chi connectivity index (χ2n) is 5.44. The van der Waals surface area contributed by atoms with Crippen LogP contribution in [0.2, 0.25) is 0 Å². The lowest BCUT2D eigenvalue weighted by Crippen LogP contribution is -2.50. The van der Waals surface area contributed by atoms with Gasteiger partial charge in [-0.15, -0.1) is 0 Å². The Morgan fingerprint density at radius 1 is 1.30 bits per heavy atom. The van der Waals surface area contributed by atoms with E-state index in [-0.39, 0.29) is 17.9 Å². The number of fused-ring (bicyclic) bond motifs is 1. The van der Waals surface area contributed by atoms with Crippen molar-refractivity contribution in [1.29, 1.82) is 0 Å². The lowest BCUT2D eigenvalue weighted by Gasteiger charge is -2.36. The minimum atomic E-state index is -0.231. The number of carbonyl (C=O) groups excluding carboxylic acids is 2. The van der Waals surface area contributed by atoms with Gasteiger partial charge in [-0.05, 0) is 38.1 Å². The second-order valence-corrected chi connectivity index (χ2v) is 5.44. The molecule has 0 aromatic heterocycles. The highest BCUT2D eigenvalue weighted by Gasteiger charge is 2.42. The van der Waals surface area contributed by atoms with E-state index in [0.29, 0.717) is 16.8 Å². The van der Waals surface area contributed by atoms with Gasteiger partial charge in [0.25, 0.3) is 11.8 Å². The zero-order valence-corrected chi connectivity index (χ0v) is 11.6. The smallest absolute Gasteiger partial charge is 0.263 e. The normalized spacial score (nSPS) is 23.2. The fourth-order valence-corrected chi connectivity index (χ4v) is 3.19. The molecule has 2 heterocycles. The number of likely N-dealkylation sites (tertiary alicyclic amines) is 1. The first-order chi connectivity index (χ1) is 9.63. The molecule has 2 aliphatic rings. The topological polar surface area (TPSA) is 66.6 Å². The number of nitrogens with zero attached hydrogens (tertiary/aromatic N) is 2. The fourth-order valence-electron chi connectivity index (χ4n) is 3.19. The number of amides is 2. The second kappa shape index (κ2) is 4.90. The van der Waals surface area contributed by atoms with Gasteiger partial charge < -0.3 is 10.6 Å². The van der Waals surface area contributed by atoms with Crippen molar-refractivity contribution in [3.8, 4) is 0 Å². The van der Waals surface area contributed by atoms with E-state index in [1.165, 1.54) is 4.90 Å². The van der Waals surface area contributed by atoms with Gasteiger partial charge in [0.05, 0.1) is 17.2 Å². The predicted molar refractivity (Wildman–Crippen MR) is 76.5 cm³/mol. The lowest BCUT2D eigenvalue weighted by atomic mass is 10.0. The number of nitrogens with two attached hydrogens (primary N) is 1. The van der Waals surface area contributed by atoms with E-state index in [1.807, 2.05) is 0 Å². The molecule has 5 heteroatoms. The van der Waals surface area contributed by atoms with Crippen molar-refractivity contribution in [2.45, 2.75) is 25.8 Å². The Balaban J connectivity index is 1.92. The zero-order valence-electron chi connectivity index (χ0n) is 11.6. The van der Waals surface area contributed by atoms with E-state index in [0.717, 1.165) is 32.5 Å². The third kappa shape index (κ3) is 1.89. The molecular weight excluding hydrogens is 254 g/mol. The van der Waals surface area contributed by atoms with Crippen molar-refractivity contribution in [3.63, 3.8) is 0 Å². The number of rotatable bonds is 2. The monoisotopic (exact) mass is 273 g/mol. The maximum absolute atomic E-state index is 12.5. The third-order valence-corrected chi connectivity index (χ3v) is 4.27. The molecule has 106 valence electrons. The highest BCUT2D eigenvalue weighted by atomic mass is 16.2. The van der Waals surface area contributed by atoms with Gasteiger partial charge in [-0.3, -0.25) is 14.5 Å². The average molecular weight is 273 g/mol. The standard InChI is InChI=1S/C15H19N3O2/c1-2-17-8-4-5-10(9-17)18-14(19)11-6-3-7-12(16)13(11)15(18)20/h3,6-7,10H,2,4-5,8-9,16H2,1H3. The van der Waals surface area contributed by atoms with Crippen molar-refractivity contribution < 1.29 is 9.59 Å². The zero-order chi connectivity index (χ0) is 14.3. The van der Waals surface area contributed by atoms with Crippen molar-refractivity contribution in [2.24, 2.45) is 0 Å². The van der Waals surface area contributed by atoms with Crippen molar-refractivity contribution in [2.75, 3.05) is 25.4 Å². The van der Waals surface area contributed by atoms with Crippen LogP contribution in [0, 0.1) is 0 Å². The summed E-state index contributed by atoms with van der Waals surface area (Å²) >= 11 is 0. The van der Waals surface area contributed by atoms with Gasteiger partial charge in [0.2, 0.25) is 0 Å². The Labute approximate surface area is 118 Å². The van der Waals surface area contributed by atoms with Crippen LogP contribution in [0.25, 0.3) is 0 Å². The molecule has 2 aliphatic heterocycles. The molecule has 2 amide bonds. The lowest BCUT2D eigenvalue weighted by molar-refractivity contribution is 0.0487. The van der Waals surface area contributed by atoms with Crippen LogP contribution < -0.4 is 5.73 Å². The van der Waals surface area contributed by atoms with E-state index in [1.54, 1.807) is 18.2 Å². The summed E-state index contributed by atoms with van der Waals surface area (Å²) in [5, 5.41) is 0. The molecule has 1 fully saturated rings. The highest BCUT2D eigenvalue weighted by molar-refractivity contribution is 6.23. The van der Waals surface area contributed by atoms with Gasteiger partial charge in [-0.1, -0.05) is 13.0 Å². The first kappa shape index (κ1) is 13.1. The molecule has 0 saturated carbocycles. The largest absolute Gasteiger partial charge is 0.398 e. The number of likely N-dealkylation sites (N-methyl/N-ethyl adjacent to an activating group) is 1. The summed E-state index contributed by atoms with van der Waals surface area (Å²) in [6, 6.07) is 5.05. The number of imide groups is 1. The van der Waals surface area contributed by atoms with Crippen LogP contribution in [-0.2, 0) is 0 Å². The first-order valence-corrected chi connectivity index (χ1v) is 7.12. The van der Waals surface area contributed by atoms with E-state index in [2.05, 4.69) is 11.8 Å². The molecule has 0 bridgehead atoms. The van der Waals surface area contributed by atoms with Crippen molar-refractivity contribution in [1.82, 2.24) is 9.80 Å². The van der Waals surface area contributed by atoms with Crippen molar-refractivity contribution >= 4 is 17.5 Å². The van der Waals surface area contributed by atoms with Gasteiger partial charge in [0, 0.05) is 12.2 Å². The van der Waals surface area contributed by atoms with Crippen LogP contribution in [0.4, 0.5) is 5.69 Å². The summed E-state index contributed by atoms with van der Waals surface area (Å²) in [6.45, 7) is 4.85. The summed E-state index contributed by atoms with van der Waals surface area (Å²) < 4.78 is 0. The van der Waals surface area contributed by atoms with Crippen LogP contribution in [0.1, 0.15) is 40.5 Å². The van der Waals surface area contributed by atoms with Gasteiger partial charge in [0.1, 0.15) is 0 Å². The van der Waals surface area contributed by atoms with E-state index >= 15 is 0 Å².